The first-order valence-corrected chi connectivity index (χ1v) is 7.18. The third kappa shape index (κ3) is 8.98. The van der Waals surface area contributed by atoms with Gasteiger partial charge in [0.05, 0.1) is 0 Å². The quantitative estimate of drug-likeness (QED) is 0.301. The lowest BCUT2D eigenvalue weighted by atomic mass is 10.1. The molecule has 0 aromatic rings. The fraction of sp³-hybridized carbons (Fsp3) is 0.588. The third-order valence-corrected chi connectivity index (χ3v) is 2.98. The molecule has 0 saturated carbocycles. The summed E-state index contributed by atoms with van der Waals surface area (Å²) in [4.78, 5) is 0. The highest BCUT2D eigenvalue weighted by atomic mass is 14.4. The van der Waals surface area contributed by atoms with E-state index < -0.39 is 0 Å². The summed E-state index contributed by atoms with van der Waals surface area (Å²) in [5.41, 5.74) is 2.87. The largest absolute Gasteiger partial charge is 0.305 e. The summed E-state index contributed by atoms with van der Waals surface area (Å²) in [6.45, 7) is 8.16. The van der Waals surface area contributed by atoms with Crippen molar-refractivity contribution in [1.29, 1.82) is 5.41 Å². The Morgan fingerprint density at radius 2 is 1.72 bits per heavy atom. The summed E-state index contributed by atoms with van der Waals surface area (Å²) in [6.07, 6.45) is 16.4. The summed E-state index contributed by atoms with van der Waals surface area (Å²) in [7, 11) is 0. The van der Waals surface area contributed by atoms with E-state index in [0.29, 0.717) is 5.71 Å². The lowest BCUT2D eigenvalue weighted by molar-refractivity contribution is 0.637. The second kappa shape index (κ2) is 11.0. The van der Waals surface area contributed by atoms with Crippen molar-refractivity contribution in [3.8, 4) is 0 Å². The van der Waals surface area contributed by atoms with E-state index in [1.165, 1.54) is 44.1 Å². The van der Waals surface area contributed by atoms with E-state index in [4.69, 9.17) is 5.41 Å². The van der Waals surface area contributed by atoms with Gasteiger partial charge < -0.3 is 5.41 Å². The van der Waals surface area contributed by atoms with E-state index in [1.807, 2.05) is 19.9 Å². The minimum absolute atomic E-state index is 0.629. The molecule has 0 aromatic carbocycles. The summed E-state index contributed by atoms with van der Waals surface area (Å²) >= 11 is 0. The van der Waals surface area contributed by atoms with Crippen LogP contribution in [-0.4, -0.2) is 5.71 Å². The molecule has 102 valence electrons. The number of hydrogen-bond donors (Lipinski definition) is 1. The number of allylic oxidation sites excluding steroid dienone is 6. The first-order valence-electron chi connectivity index (χ1n) is 7.18. The summed E-state index contributed by atoms with van der Waals surface area (Å²) in [5.74, 6) is 0. The molecule has 0 aliphatic heterocycles. The van der Waals surface area contributed by atoms with E-state index >= 15 is 0 Å². The predicted octanol–water partition coefficient (Wildman–Crippen LogP) is 5.84. The lowest BCUT2D eigenvalue weighted by Gasteiger charge is -1.99. The average Bonchev–Trinajstić information content (AvgIpc) is 2.34. The Hall–Kier alpha value is -1.11. The Morgan fingerprint density at radius 1 is 1.06 bits per heavy atom. The molecule has 0 aliphatic carbocycles. The molecule has 0 rings (SSSR count). The second-order valence-corrected chi connectivity index (χ2v) is 4.86. The molecular weight excluding hydrogens is 218 g/mol. The molecular formula is C17H29N. The van der Waals surface area contributed by atoms with Crippen LogP contribution in [0.15, 0.2) is 35.5 Å². The topological polar surface area (TPSA) is 23.9 Å². The van der Waals surface area contributed by atoms with Gasteiger partial charge in [-0.1, -0.05) is 62.5 Å². The van der Waals surface area contributed by atoms with Crippen molar-refractivity contribution in [2.75, 3.05) is 0 Å². The van der Waals surface area contributed by atoms with Gasteiger partial charge in [0, 0.05) is 5.71 Å². The average molecular weight is 247 g/mol. The van der Waals surface area contributed by atoms with Gasteiger partial charge in [0.2, 0.25) is 0 Å². The van der Waals surface area contributed by atoms with Crippen LogP contribution in [0.25, 0.3) is 0 Å². The van der Waals surface area contributed by atoms with Gasteiger partial charge in [-0.2, -0.15) is 0 Å². The normalized spacial score (nSPS) is 13.3. The molecule has 1 nitrogen and oxygen atoms in total. The maximum Gasteiger partial charge on any atom is 0.0352 e. The van der Waals surface area contributed by atoms with Crippen LogP contribution in [0.5, 0.6) is 0 Å². The van der Waals surface area contributed by atoms with Gasteiger partial charge in [-0.05, 0) is 39.2 Å². The number of unbranched alkanes of at least 4 members (excludes halogenated alkanes) is 5. The zero-order valence-electron chi connectivity index (χ0n) is 12.6. The highest BCUT2D eigenvalue weighted by molar-refractivity contribution is 5.98. The van der Waals surface area contributed by atoms with Crippen molar-refractivity contribution in [2.24, 2.45) is 0 Å². The zero-order chi connectivity index (χ0) is 13.8. The Balaban J connectivity index is 3.96. The molecule has 1 N–H and O–H groups in total. The van der Waals surface area contributed by atoms with Crippen LogP contribution in [0.2, 0.25) is 0 Å². The van der Waals surface area contributed by atoms with Gasteiger partial charge in [0.25, 0.3) is 0 Å². The summed E-state index contributed by atoms with van der Waals surface area (Å²) in [5, 5.41) is 7.62. The fourth-order valence-electron chi connectivity index (χ4n) is 1.84. The maximum atomic E-state index is 7.62. The first-order chi connectivity index (χ1) is 8.61. The number of nitrogens with one attached hydrogen (secondary N) is 1. The summed E-state index contributed by atoms with van der Waals surface area (Å²) in [6, 6.07) is 0. The monoisotopic (exact) mass is 247 g/mol. The molecule has 0 aliphatic rings. The lowest BCUT2D eigenvalue weighted by Crippen LogP contribution is -1.91. The SMILES string of the molecule is C\C=C(/C=C(C)\C=C\CCCCCCC)C(C)=N. The summed E-state index contributed by atoms with van der Waals surface area (Å²) < 4.78 is 0. The van der Waals surface area contributed by atoms with Crippen LogP contribution >= 0.6 is 0 Å². The number of hydrogen-bond acceptors (Lipinski definition) is 1. The van der Waals surface area contributed by atoms with Crippen LogP contribution in [0.3, 0.4) is 0 Å². The van der Waals surface area contributed by atoms with Crippen molar-refractivity contribution in [2.45, 2.75) is 66.2 Å². The molecule has 0 fully saturated rings. The molecule has 0 saturated heterocycles. The minimum atomic E-state index is 0.629. The predicted molar refractivity (Wildman–Crippen MR) is 83.4 cm³/mol. The molecule has 0 atom stereocenters. The smallest absolute Gasteiger partial charge is 0.0352 e. The van der Waals surface area contributed by atoms with Crippen LogP contribution in [0, 0.1) is 5.41 Å². The zero-order valence-corrected chi connectivity index (χ0v) is 12.6. The molecule has 0 spiro atoms. The van der Waals surface area contributed by atoms with Gasteiger partial charge in [-0.25, -0.2) is 0 Å². The first kappa shape index (κ1) is 16.9. The molecule has 0 heterocycles. The fourth-order valence-corrected chi connectivity index (χ4v) is 1.84. The Labute approximate surface area is 113 Å². The standard InChI is InChI=1S/C17H29N/c1-5-7-8-9-10-11-12-13-15(3)14-17(6-2)16(4)18/h6,12-14,18H,5,7-11H2,1-4H3/b13-12+,15-14-,17-6+,18-16?. The van der Waals surface area contributed by atoms with Gasteiger partial charge in [0.15, 0.2) is 0 Å². The maximum absolute atomic E-state index is 7.62. The van der Waals surface area contributed by atoms with Crippen LogP contribution in [-0.2, 0) is 0 Å². The molecule has 0 amide bonds. The highest BCUT2D eigenvalue weighted by Crippen LogP contribution is 2.08. The van der Waals surface area contributed by atoms with Gasteiger partial charge >= 0.3 is 0 Å². The second-order valence-electron chi connectivity index (χ2n) is 4.86. The third-order valence-electron chi connectivity index (χ3n) is 2.98. The minimum Gasteiger partial charge on any atom is -0.305 e. The van der Waals surface area contributed by atoms with Gasteiger partial charge in [0.1, 0.15) is 0 Å². The van der Waals surface area contributed by atoms with E-state index in [0.717, 1.165) is 5.57 Å². The van der Waals surface area contributed by atoms with Gasteiger partial charge in [-0.3, -0.25) is 0 Å². The highest BCUT2D eigenvalue weighted by Gasteiger charge is 1.94. The molecule has 1 heteroatoms. The van der Waals surface area contributed by atoms with Crippen molar-refractivity contribution in [3.63, 3.8) is 0 Å². The Kier molecular flexibility index (Phi) is 10.3. The molecule has 0 radical (unpaired) electrons. The molecule has 0 bridgehead atoms. The van der Waals surface area contributed by atoms with Crippen molar-refractivity contribution in [3.05, 3.63) is 35.5 Å². The van der Waals surface area contributed by atoms with E-state index in [9.17, 15) is 0 Å². The molecule has 0 unspecified atom stereocenters. The van der Waals surface area contributed by atoms with Crippen molar-refractivity contribution in [1.82, 2.24) is 0 Å². The van der Waals surface area contributed by atoms with Crippen molar-refractivity contribution >= 4 is 5.71 Å². The Morgan fingerprint density at radius 3 is 2.28 bits per heavy atom. The van der Waals surface area contributed by atoms with Crippen LogP contribution < -0.4 is 0 Å². The van der Waals surface area contributed by atoms with E-state index in [2.05, 4.69) is 32.1 Å². The van der Waals surface area contributed by atoms with E-state index in [1.54, 1.807) is 0 Å². The number of rotatable bonds is 9. The molecule has 18 heavy (non-hydrogen) atoms. The van der Waals surface area contributed by atoms with E-state index in [-0.39, 0.29) is 0 Å². The Bertz CT molecular complexity index is 319. The van der Waals surface area contributed by atoms with Gasteiger partial charge in [-0.15, -0.1) is 0 Å². The van der Waals surface area contributed by atoms with Crippen molar-refractivity contribution < 1.29 is 0 Å². The van der Waals surface area contributed by atoms with Crippen LogP contribution in [0.1, 0.15) is 66.2 Å². The molecule has 0 aromatic heterocycles. The van der Waals surface area contributed by atoms with Crippen LogP contribution in [0.4, 0.5) is 0 Å².